The lowest BCUT2D eigenvalue weighted by molar-refractivity contribution is 0.0880. The zero-order valence-electron chi connectivity index (χ0n) is 24.2. The summed E-state index contributed by atoms with van der Waals surface area (Å²) >= 11 is 4.59. The van der Waals surface area contributed by atoms with Crippen LogP contribution in [0.3, 0.4) is 0 Å². The molecule has 226 valence electrons. The molecule has 1 aliphatic carbocycles. The fourth-order valence-corrected chi connectivity index (χ4v) is 8.02. The number of aliphatic hydroxyl groups excluding tert-OH is 1. The highest BCUT2D eigenvalue weighted by atomic mass is 32.1. The van der Waals surface area contributed by atoms with Gasteiger partial charge in [0.15, 0.2) is 0 Å². The van der Waals surface area contributed by atoms with Crippen molar-refractivity contribution in [3.63, 3.8) is 0 Å². The Morgan fingerprint density at radius 3 is 2.66 bits per heavy atom. The van der Waals surface area contributed by atoms with Gasteiger partial charge in [-0.1, -0.05) is 36.3 Å². The molecule has 6 aromatic rings. The molecule has 1 fully saturated rings. The van der Waals surface area contributed by atoms with Crippen LogP contribution in [0.2, 0.25) is 0 Å². The number of aryl methyl sites for hydroxylation is 1. The summed E-state index contributed by atoms with van der Waals surface area (Å²) < 4.78 is 14.5. The number of imidazole rings is 1. The third-order valence-electron chi connectivity index (χ3n) is 7.97. The minimum atomic E-state index is -0.179. The van der Waals surface area contributed by atoms with Crippen molar-refractivity contribution in [3.05, 3.63) is 64.2 Å². The zero-order chi connectivity index (χ0) is 30.3. The summed E-state index contributed by atoms with van der Waals surface area (Å²) in [5.74, 6) is 1.20. The second-order valence-electron chi connectivity index (χ2n) is 11.0. The van der Waals surface area contributed by atoms with Crippen molar-refractivity contribution in [2.75, 3.05) is 20.3 Å². The molecule has 4 heterocycles. The first-order chi connectivity index (χ1) is 21.4. The molecule has 0 radical (unpaired) electrons. The maximum absolute atomic E-state index is 12.8. The summed E-state index contributed by atoms with van der Waals surface area (Å²) in [6.07, 6.45) is 6.01. The topological polar surface area (TPSA) is 124 Å². The molecule has 0 bridgehead atoms. The van der Waals surface area contributed by atoms with E-state index < -0.39 is 0 Å². The van der Waals surface area contributed by atoms with Crippen LogP contribution in [0.1, 0.15) is 46.7 Å². The number of amides is 1. The molecule has 0 atom stereocenters. The second-order valence-corrected chi connectivity index (χ2v) is 14.0. The lowest BCUT2D eigenvalue weighted by Crippen LogP contribution is -2.38. The number of benzene rings is 2. The van der Waals surface area contributed by atoms with Crippen molar-refractivity contribution >= 4 is 55.1 Å². The minimum Gasteiger partial charge on any atom is -0.497 e. The Labute approximate surface area is 265 Å². The van der Waals surface area contributed by atoms with E-state index in [0.29, 0.717) is 23.6 Å². The van der Waals surface area contributed by atoms with Gasteiger partial charge in [0.05, 0.1) is 35.8 Å². The maximum atomic E-state index is 12.8. The summed E-state index contributed by atoms with van der Waals surface area (Å²) in [5, 5.41) is 21.9. The summed E-state index contributed by atoms with van der Waals surface area (Å²) in [6, 6.07) is 11.2. The lowest BCUT2D eigenvalue weighted by Gasteiger charge is -2.26. The van der Waals surface area contributed by atoms with E-state index in [0.717, 1.165) is 72.8 Å². The summed E-state index contributed by atoms with van der Waals surface area (Å²) in [6.45, 7) is 2.85. The van der Waals surface area contributed by atoms with E-state index >= 15 is 0 Å². The molecule has 1 saturated carbocycles. The number of carbonyl (C=O) groups is 1. The van der Waals surface area contributed by atoms with Gasteiger partial charge in [-0.15, -0.1) is 22.7 Å². The van der Waals surface area contributed by atoms with Crippen molar-refractivity contribution < 1.29 is 19.4 Å². The van der Waals surface area contributed by atoms with Gasteiger partial charge in [-0.05, 0) is 31.9 Å². The van der Waals surface area contributed by atoms with Crippen molar-refractivity contribution in [2.24, 2.45) is 5.41 Å². The highest BCUT2D eigenvalue weighted by Gasteiger charge is 2.33. The van der Waals surface area contributed by atoms with Crippen LogP contribution < -0.4 is 14.8 Å². The second kappa shape index (κ2) is 11.9. The molecule has 1 aliphatic rings. The van der Waals surface area contributed by atoms with E-state index in [1.165, 1.54) is 34.0 Å². The van der Waals surface area contributed by atoms with Gasteiger partial charge in [0.25, 0.3) is 5.91 Å². The summed E-state index contributed by atoms with van der Waals surface area (Å²) in [5.41, 5.74) is 3.69. The average Bonchev–Trinajstić information content (AvgIpc) is 3.87. The first-order valence-corrected chi connectivity index (χ1v) is 16.8. The van der Waals surface area contributed by atoms with Crippen molar-refractivity contribution in [3.8, 4) is 32.8 Å². The van der Waals surface area contributed by atoms with Gasteiger partial charge in [0.1, 0.15) is 38.8 Å². The van der Waals surface area contributed by atoms with Gasteiger partial charge in [-0.3, -0.25) is 4.79 Å². The number of ether oxygens (including phenoxy) is 2. The molecule has 2 aromatic carbocycles. The third kappa shape index (κ3) is 5.68. The van der Waals surface area contributed by atoms with Gasteiger partial charge in [-0.2, -0.15) is 5.10 Å². The molecule has 0 aliphatic heterocycles. The molecule has 0 saturated heterocycles. The van der Waals surface area contributed by atoms with Gasteiger partial charge < -0.3 is 19.9 Å². The molecule has 0 spiro atoms. The van der Waals surface area contributed by atoms with Crippen LogP contribution in [-0.2, 0) is 6.61 Å². The number of aromatic nitrogens is 5. The average molecular weight is 647 g/mol. The predicted molar refractivity (Wildman–Crippen MR) is 173 cm³/mol. The van der Waals surface area contributed by atoms with Crippen LogP contribution in [-0.4, -0.2) is 55.8 Å². The monoisotopic (exact) mass is 646 g/mol. The van der Waals surface area contributed by atoms with Crippen LogP contribution >= 0.6 is 34.0 Å². The smallest absolute Gasteiger partial charge is 0.251 e. The molecular weight excluding hydrogens is 617 g/mol. The highest BCUT2D eigenvalue weighted by molar-refractivity contribution is 7.22. The maximum Gasteiger partial charge on any atom is 0.251 e. The van der Waals surface area contributed by atoms with E-state index in [-0.39, 0.29) is 24.5 Å². The molecular formula is C31H30N6O4S3. The largest absolute Gasteiger partial charge is 0.497 e. The Kier molecular flexibility index (Phi) is 7.79. The van der Waals surface area contributed by atoms with Crippen LogP contribution in [0, 0.1) is 12.3 Å². The van der Waals surface area contributed by atoms with Gasteiger partial charge in [0, 0.05) is 40.6 Å². The Bertz CT molecular complexity index is 1920. The molecule has 7 rings (SSSR count). The van der Waals surface area contributed by atoms with Crippen molar-refractivity contribution in [1.82, 2.24) is 29.9 Å². The molecule has 44 heavy (non-hydrogen) atoms. The first-order valence-electron chi connectivity index (χ1n) is 14.3. The van der Waals surface area contributed by atoms with Crippen molar-refractivity contribution in [1.29, 1.82) is 0 Å². The fraction of sp³-hybridized carbons (Fsp3) is 0.323. The van der Waals surface area contributed by atoms with E-state index in [2.05, 4.69) is 10.4 Å². The van der Waals surface area contributed by atoms with Gasteiger partial charge >= 0.3 is 0 Å². The zero-order valence-corrected chi connectivity index (χ0v) is 26.7. The first kappa shape index (κ1) is 28.8. The number of carbonyl (C=O) groups excluding carboxylic acids is 1. The molecule has 4 aromatic heterocycles. The SMILES string of the molecule is COc1cc(OCc2csc(-c3ccc(C(=O)NCC4(CO)CCCC4)cc3)n2)c2sc(-c3cn4nc(C)sc4n3)nc2c1. The number of nitrogens with zero attached hydrogens (tertiary/aromatic N) is 5. The van der Waals surface area contributed by atoms with Crippen LogP contribution in [0.15, 0.2) is 48.0 Å². The van der Waals surface area contributed by atoms with E-state index in [9.17, 15) is 9.90 Å². The molecule has 0 unspecified atom stereocenters. The molecule has 2 N–H and O–H groups in total. The van der Waals surface area contributed by atoms with E-state index in [1.54, 1.807) is 11.6 Å². The quantitative estimate of drug-likeness (QED) is 0.176. The number of rotatable bonds is 10. The van der Waals surface area contributed by atoms with Crippen LogP contribution in [0.4, 0.5) is 0 Å². The summed E-state index contributed by atoms with van der Waals surface area (Å²) in [4.78, 5) is 27.9. The van der Waals surface area contributed by atoms with Gasteiger partial charge in [-0.25, -0.2) is 19.5 Å². The minimum absolute atomic E-state index is 0.109. The molecule has 13 heteroatoms. The number of methoxy groups -OCH3 is 1. The Morgan fingerprint density at radius 1 is 1.09 bits per heavy atom. The number of thiazole rings is 2. The predicted octanol–water partition coefficient (Wildman–Crippen LogP) is 6.37. The fourth-order valence-electron chi connectivity index (χ4n) is 5.52. The Hall–Kier alpha value is -3.91. The normalized spacial score (nSPS) is 14.4. The number of aliphatic hydroxyl groups is 1. The van der Waals surface area contributed by atoms with E-state index in [1.807, 2.05) is 54.9 Å². The molecule has 10 nitrogen and oxygen atoms in total. The third-order valence-corrected chi connectivity index (χ3v) is 10.9. The number of hydrogen-bond acceptors (Lipinski definition) is 11. The Morgan fingerprint density at radius 2 is 1.91 bits per heavy atom. The number of hydrogen-bond donors (Lipinski definition) is 2. The van der Waals surface area contributed by atoms with Gasteiger partial charge in [0.2, 0.25) is 4.96 Å². The Balaban J connectivity index is 1.04. The lowest BCUT2D eigenvalue weighted by atomic mass is 9.87. The number of nitrogens with one attached hydrogen (secondary N) is 1. The van der Waals surface area contributed by atoms with Crippen LogP contribution in [0.25, 0.3) is 36.5 Å². The summed E-state index contributed by atoms with van der Waals surface area (Å²) in [7, 11) is 1.62. The van der Waals surface area contributed by atoms with Crippen LogP contribution in [0.5, 0.6) is 11.5 Å². The van der Waals surface area contributed by atoms with Crippen molar-refractivity contribution in [2.45, 2.75) is 39.2 Å². The van der Waals surface area contributed by atoms with E-state index in [4.69, 9.17) is 24.4 Å². The standard InChI is InChI=1S/C31H30N6O4S3/c1-18-36-37-13-24(35-30(37)43-18)29-34-23-11-22(40-2)12-25(26(23)44-29)41-14-21-15-42-28(33-21)20-7-5-19(6-8-20)27(39)32-16-31(17-38)9-3-4-10-31/h5-8,11-13,15,38H,3-4,9-10,14,16-17H2,1-2H3,(H,32,39). The number of fused-ring (bicyclic) bond motifs is 2. The molecule has 1 amide bonds. The highest BCUT2D eigenvalue weighted by Crippen LogP contribution is 2.40.